The number of nitrogens with two attached hydrogens (primary N) is 1. The van der Waals surface area contributed by atoms with E-state index in [0.717, 1.165) is 18.8 Å². The average Bonchev–Trinajstić information content (AvgIpc) is 2.39. The van der Waals surface area contributed by atoms with E-state index < -0.39 is 0 Å². The summed E-state index contributed by atoms with van der Waals surface area (Å²) in [5.74, 6) is 0.786. The highest BCUT2D eigenvalue weighted by Crippen LogP contribution is 2.27. The monoisotopic (exact) mass is 231 g/mol. The lowest BCUT2D eigenvalue weighted by molar-refractivity contribution is 0.295. The van der Waals surface area contributed by atoms with E-state index in [-0.39, 0.29) is 0 Å². The number of rotatable bonds is 4. The first-order valence-electron chi connectivity index (χ1n) is 7.07. The third-order valence-electron chi connectivity index (χ3n) is 4.14. The number of hydrogen-bond acceptors (Lipinski definition) is 1. The van der Waals surface area contributed by atoms with Gasteiger partial charge in [0.25, 0.3) is 0 Å². The van der Waals surface area contributed by atoms with Crippen LogP contribution in [0.15, 0.2) is 24.3 Å². The van der Waals surface area contributed by atoms with Crippen LogP contribution < -0.4 is 5.73 Å². The second kappa shape index (κ2) is 6.20. The summed E-state index contributed by atoms with van der Waals surface area (Å²) in [4.78, 5) is 0. The van der Waals surface area contributed by atoms with E-state index in [1.54, 1.807) is 0 Å². The predicted molar refractivity (Wildman–Crippen MR) is 74.1 cm³/mol. The summed E-state index contributed by atoms with van der Waals surface area (Å²) in [5, 5.41) is 0. The highest BCUT2D eigenvalue weighted by atomic mass is 14.6. The minimum atomic E-state index is 0.414. The summed E-state index contributed by atoms with van der Waals surface area (Å²) < 4.78 is 0. The molecule has 2 rings (SSSR count). The van der Waals surface area contributed by atoms with Gasteiger partial charge in [-0.25, -0.2) is 0 Å². The van der Waals surface area contributed by atoms with Gasteiger partial charge in [-0.15, -0.1) is 0 Å². The second-order valence-corrected chi connectivity index (χ2v) is 5.59. The number of benzene rings is 1. The third kappa shape index (κ3) is 3.85. The van der Waals surface area contributed by atoms with Crippen LogP contribution in [0.3, 0.4) is 0 Å². The van der Waals surface area contributed by atoms with Crippen molar-refractivity contribution in [2.75, 3.05) is 0 Å². The van der Waals surface area contributed by atoms with E-state index in [9.17, 15) is 0 Å². The van der Waals surface area contributed by atoms with Gasteiger partial charge in [-0.05, 0) is 44.1 Å². The van der Waals surface area contributed by atoms with Crippen molar-refractivity contribution in [3.63, 3.8) is 0 Å². The van der Waals surface area contributed by atoms with Gasteiger partial charge >= 0.3 is 0 Å². The largest absolute Gasteiger partial charge is 0.327 e. The van der Waals surface area contributed by atoms with E-state index >= 15 is 0 Å². The van der Waals surface area contributed by atoms with Crippen molar-refractivity contribution in [3.8, 4) is 0 Å². The van der Waals surface area contributed by atoms with Crippen molar-refractivity contribution >= 4 is 0 Å². The van der Waals surface area contributed by atoms with Gasteiger partial charge in [0.1, 0.15) is 0 Å². The third-order valence-corrected chi connectivity index (χ3v) is 4.14. The molecule has 0 saturated heterocycles. The molecule has 1 unspecified atom stereocenters. The van der Waals surface area contributed by atoms with E-state index in [4.69, 9.17) is 5.73 Å². The first-order valence-corrected chi connectivity index (χ1v) is 7.07. The van der Waals surface area contributed by atoms with Gasteiger partial charge in [-0.2, -0.15) is 0 Å². The Bertz CT molecular complexity index is 322. The maximum atomic E-state index is 6.33. The molecule has 1 saturated carbocycles. The van der Waals surface area contributed by atoms with Gasteiger partial charge < -0.3 is 5.73 Å². The Morgan fingerprint density at radius 3 is 2.41 bits per heavy atom. The Morgan fingerprint density at radius 1 is 1.12 bits per heavy atom. The van der Waals surface area contributed by atoms with Crippen LogP contribution in [0.5, 0.6) is 0 Å². The van der Waals surface area contributed by atoms with E-state index in [1.807, 2.05) is 0 Å². The van der Waals surface area contributed by atoms with Crippen LogP contribution in [-0.4, -0.2) is 6.04 Å². The summed E-state index contributed by atoms with van der Waals surface area (Å²) in [5.41, 5.74) is 9.10. The van der Waals surface area contributed by atoms with Crippen LogP contribution >= 0.6 is 0 Å². The van der Waals surface area contributed by atoms with Crippen LogP contribution in [-0.2, 0) is 6.42 Å². The molecule has 0 amide bonds. The summed E-state index contributed by atoms with van der Waals surface area (Å²) >= 11 is 0. The Balaban J connectivity index is 1.78. The molecule has 1 aliphatic rings. The number of hydrogen-bond donors (Lipinski definition) is 1. The van der Waals surface area contributed by atoms with Gasteiger partial charge in [0.05, 0.1) is 0 Å². The fraction of sp³-hybridized carbons (Fsp3) is 0.625. The molecule has 1 aromatic carbocycles. The first kappa shape index (κ1) is 12.6. The molecule has 1 aromatic rings. The zero-order chi connectivity index (χ0) is 12.1. The van der Waals surface area contributed by atoms with Gasteiger partial charge in [-0.3, -0.25) is 0 Å². The van der Waals surface area contributed by atoms with Crippen molar-refractivity contribution in [1.82, 2.24) is 0 Å². The first-order chi connectivity index (χ1) is 8.25. The molecule has 0 aromatic heterocycles. The Morgan fingerprint density at radius 2 is 1.76 bits per heavy atom. The van der Waals surface area contributed by atoms with Crippen molar-refractivity contribution < 1.29 is 0 Å². The minimum Gasteiger partial charge on any atom is -0.327 e. The lowest BCUT2D eigenvalue weighted by Gasteiger charge is -2.27. The Hall–Kier alpha value is -0.820. The van der Waals surface area contributed by atoms with Crippen LogP contribution in [0.2, 0.25) is 0 Å². The average molecular weight is 231 g/mol. The molecule has 1 fully saturated rings. The van der Waals surface area contributed by atoms with Gasteiger partial charge in [-0.1, -0.05) is 49.1 Å². The molecule has 2 N–H and O–H groups in total. The topological polar surface area (TPSA) is 26.0 Å². The van der Waals surface area contributed by atoms with Crippen LogP contribution in [0.4, 0.5) is 0 Å². The molecule has 0 aliphatic heterocycles. The highest BCUT2D eigenvalue weighted by Gasteiger charge is 2.19. The van der Waals surface area contributed by atoms with Crippen LogP contribution in [0, 0.1) is 12.8 Å². The molecule has 94 valence electrons. The summed E-state index contributed by atoms with van der Waals surface area (Å²) in [7, 11) is 0. The zero-order valence-electron chi connectivity index (χ0n) is 11.0. The molecule has 0 bridgehead atoms. The Kier molecular flexibility index (Phi) is 4.61. The van der Waals surface area contributed by atoms with E-state index in [1.165, 1.54) is 43.2 Å². The van der Waals surface area contributed by atoms with Crippen LogP contribution in [0.1, 0.15) is 49.7 Å². The fourth-order valence-corrected chi connectivity index (χ4v) is 2.89. The predicted octanol–water partition coefficient (Wildman–Crippen LogP) is 3.84. The molecular formula is C16H25N. The maximum Gasteiger partial charge on any atom is 0.00703 e. The molecule has 1 atom stereocenters. The molecule has 1 nitrogen and oxygen atoms in total. The molecule has 0 spiro atoms. The Labute approximate surface area is 105 Å². The normalized spacial score (nSPS) is 19.2. The molecular weight excluding hydrogens is 206 g/mol. The molecule has 1 aliphatic carbocycles. The minimum absolute atomic E-state index is 0.414. The van der Waals surface area contributed by atoms with Gasteiger partial charge in [0.15, 0.2) is 0 Å². The summed E-state index contributed by atoms with van der Waals surface area (Å²) in [6, 6.07) is 9.28. The van der Waals surface area contributed by atoms with Crippen molar-refractivity contribution in [1.29, 1.82) is 0 Å². The standard InChI is InChI=1S/C16H25N/c1-13-7-9-14(10-8-13)11-12-16(17)15-5-3-2-4-6-15/h7-10,15-16H,2-6,11-12,17H2,1H3. The van der Waals surface area contributed by atoms with Crippen molar-refractivity contribution in [2.24, 2.45) is 11.7 Å². The van der Waals surface area contributed by atoms with Crippen molar-refractivity contribution in [3.05, 3.63) is 35.4 Å². The van der Waals surface area contributed by atoms with Crippen LogP contribution in [0.25, 0.3) is 0 Å². The summed E-state index contributed by atoms with van der Waals surface area (Å²) in [6.07, 6.45) is 9.20. The maximum absolute atomic E-state index is 6.33. The van der Waals surface area contributed by atoms with Gasteiger partial charge in [0, 0.05) is 6.04 Å². The fourth-order valence-electron chi connectivity index (χ4n) is 2.89. The quantitative estimate of drug-likeness (QED) is 0.837. The smallest absolute Gasteiger partial charge is 0.00703 e. The molecule has 0 heterocycles. The zero-order valence-corrected chi connectivity index (χ0v) is 11.0. The lowest BCUT2D eigenvalue weighted by atomic mass is 9.82. The van der Waals surface area contributed by atoms with Crippen molar-refractivity contribution in [2.45, 2.75) is 57.9 Å². The second-order valence-electron chi connectivity index (χ2n) is 5.59. The lowest BCUT2D eigenvalue weighted by Crippen LogP contribution is -2.32. The number of aryl methyl sites for hydroxylation is 2. The molecule has 1 heteroatoms. The molecule has 0 radical (unpaired) electrons. The highest BCUT2D eigenvalue weighted by molar-refractivity contribution is 5.21. The SMILES string of the molecule is Cc1ccc(CCC(N)C2CCCCC2)cc1. The summed E-state index contributed by atoms with van der Waals surface area (Å²) in [6.45, 7) is 2.14. The van der Waals surface area contributed by atoms with E-state index in [0.29, 0.717) is 6.04 Å². The molecule has 17 heavy (non-hydrogen) atoms. The van der Waals surface area contributed by atoms with Gasteiger partial charge in [0.2, 0.25) is 0 Å². The van der Waals surface area contributed by atoms with E-state index in [2.05, 4.69) is 31.2 Å².